The molecule has 2 aromatic rings. The highest BCUT2D eigenvalue weighted by atomic mass is 79.9. The second-order valence-electron chi connectivity index (χ2n) is 13.2. The van der Waals surface area contributed by atoms with Crippen LogP contribution in [-0.2, 0) is 32.0 Å². The van der Waals surface area contributed by atoms with Crippen LogP contribution < -0.4 is 10.6 Å². The van der Waals surface area contributed by atoms with Gasteiger partial charge in [-0.05, 0) is 106 Å². The van der Waals surface area contributed by atoms with Crippen LogP contribution in [0, 0.1) is 16.7 Å². The Morgan fingerprint density at radius 1 is 0.740 bits per heavy atom. The molecular formula is C35H47Br2F3N6O4. The predicted molar refractivity (Wildman–Crippen MR) is 193 cm³/mol. The quantitative estimate of drug-likeness (QED) is 0.306. The third kappa shape index (κ3) is 8.35. The Hall–Kier alpha value is -3.07. The average molecular weight is 833 g/mol. The maximum atomic E-state index is 12.7. The molecule has 15 heteroatoms. The monoisotopic (exact) mass is 830 g/mol. The van der Waals surface area contributed by atoms with Crippen molar-refractivity contribution in [2.24, 2.45) is 16.7 Å². The van der Waals surface area contributed by atoms with Gasteiger partial charge in [0.25, 0.3) is 0 Å². The Kier molecular flexibility index (Phi) is 13.3. The zero-order chi connectivity index (χ0) is 33.6. The second kappa shape index (κ2) is 16.1. The lowest BCUT2D eigenvalue weighted by Gasteiger charge is -2.43. The van der Waals surface area contributed by atoms with Crippen LogP contribution in [0.1, 0.15) is 84.8 Å². The highest BCUT2D eigenvalue weighted by Crippen LogP contribution is 2.43. The van der Waals surface area contributed by atoms with E-state index in [-0.39, 0.29) is 71.4 Å². The summed E-state index contributed by atoms with van der Waals surface area (Å²) >= 11 is 6.77. The number of piperidine rings is 2. The molecule has 0 unspecified atom stereocenters. The molecule has 1 saturated carbocycles. The van der Waals surface area contributed by atoms with Crippen molar-refractivity contribution in [1.29, 1.82) is 0 Å². The number of fused-ring (bicyclic) bond motifs is 2. The summed E-state index contributed by atoms with van der Waals surface area (Å²) in [6.07, 6.45) is 5.83. The highest BCUT2D eigenvalue weighted by Gasteiger charge is 2.50. The number of nitrogens with one attached hydrogen (secondary N) is 2. The van der Waals surface area contributed by atoms with Gasteiger partial charge in [0.15, 0.2) is 0 Å². The first-order valence-electron chi connectivity index (χ1n) is 15.9. The number of nitrogens with zero attached hydrogens (tertiary/aromatic N) is 4. The topological polar surface area (TPSA) is 125 Å². The van der Waals surface area contributed by atoms with Gasteiger partial charge in [-0.15, -0.1) is 0 Å². The zero-order valence-electron chi connectivity index (χ0n) is 25.6. The molecule has 0 atom stereocenters. The minimum atomic E-state index is -4.87. The molecule has 10 nitrogen and oxygen atoms in total. The van der Waals surface area contributed by atoms with Gasteiger partial charge >= 0.3 is 12.1 Å². The van der Waals surface area contributed by atoms with E-state index in [1.807, 2.05) is 17.0 Å². The first-order chi connectivity index (χ1) is 22.3. The third-order valence-corrected chi connectivity index (χ3v) is 11.2. The molecule has 4 aliphatic heterocycles. The Morgan fingerprint density at radius 2 is 1.14 bits per heavy atom. The van der Waals surface area contributed by atoms with E-state index in [0.717, 1.165) is 50.7 Å². The van der Waals surface area contributed by atoms with Crippen molar-refractivity contribution in [2.45, 2.75) is 92.7 Å². The van der Waals surface area contributed by atoms with Gasteiger partial charge < -0.3 is 20.4 Å². The van der Waals surface area contributed by atoms with Crippen LogP contribution in [0.3, 0.4) is 0 Å². The van der Waals surface area contributed by atoms with Crippen LogP contribution >= 0.6 is 31.9 Å². The molecule has 2 saturated heterocycles. The van der Waals surface area contributed by atoms with Crippen LogP contribution in [0.5, 0.6) is 0 Å². The molecule has 50 heavy (non-hydrogen) atoms. The van der Waals surface area contributed by atoms with Gasteiger partial charge in [-0.2, -0.15) is 13.2 Å². The van der Waals surface area contributed by atoms with Crippen molar-refractivity contribution < 1.29 is 32.3 Å². The minimum Gasteiger partial charge on any atom is -0.342 e. The number of carbonyl (C=O) groups is 4. The van der Waals surface area contributed by atoms with Crippen LogP contribution in [0.25, 0.3) is 0 Å². The summed E-state index contributed by atoms with van der Waals surface area (Å²) in [4.78, 5) is 60.2. The second-order valence-corrected chi connectivity index (χ2v) is 15.1. The van der Waals surface area contributed by atoms with Crippen molar-refractivity contribution in [3.63, 3.8) is 0 Å². The van der Waals surface area contributed by atoms with Gasteiger partial charge in [0.2, 0.25) is 17.7 Å². The Balaban J connectivity index is 0.000000255. The van der Waals surface area contributed by atoms with Crippen molar-refractivity contribution in [1.82, 2.24) is 19.8 Å². The van der Waals surface area contributed by atoms with Crippen LogP contribution in [0.2, 0.25) is 0 Å². The van der Waals surface area contributed by atoms with E-state index < -0.39 is 17.5 Å². The molecule has 7 rings (SSSR count). The summed E-state index contributed by atoms with van der Waals surface area (Å²) in [6.45, 7) is 1.23. The molecule has 276 valence electrons. The number of amides is 4. The number of rotatable bonds is 1. The molecule has 2 spiro atoms. The van der Waals surface area contributed by atoms with Gasteiger partial charge in [0.1, 0.15) is 11.6 Å². The minimum absolute atomic E-state index is 0. The van der Waals surface area contributed by atoms with Crippen LogP contribution in [0.15, 0.2) is 33.5 Å². The van der Waals surface area contributed by atoms with Crippen molar-refractivity contribution >= 4 is 67.1 Å². The SMILES string of the molecule is C.C.C.O=C(C1CCCC1)N1CCC2(CC1)Cc1cc(Br)cnc1NC2=O.O=C(N1CCC2(CC1)Cc1cc(Br)cnc1NC2=O)C(F)(F)F. The first-order valence-corrected chi connectivity index (χ1v) is 17.4. The van der Waals surface area contributed by atoms with Gasteiger partial charge in [0, 0.05) is 53.4 Å². The number of likely N-dealkylation sites (tertiary alicyclic amines) is 2. The lowest BCUT2D eigenvalue weighted by Crippen LogP contribution is -2.53. The van der Waals surface area contributed by atoms with E-state index in [2.05, 4.69) is 52.5 Å². The van der Waals surface area contributed by atoms with Crippen LogP contribution in [0.4, 0.5) is 24.8 Å². The molecular weight excluding hydrogens is 785 g/mol. The molecule has 2 N–H and O–H groups in total. The van der Waals surface area contributed by atoms with Gasteiger partial charge in [-0.3, -0.25) is 19.2 Å². The Bertz CT molecular complexity index is 1580. The summed E-state index contributed by atoms with van der Waals surface area (Å²) in [6, 6.07) is 3.89. The number of pyridine rings is 2. The van der Waals surface area contributed by atoms with E-state index in [4.69, 9.17) is 0 Å². The predicted octanol–water partition coefficient (Wildman–Crippen LogP) is 7.56. The van der Waals surface area contributed by atoms with Gasteiger partial charge in [0.05, 0.1) is 10.8 Å². The fraction of sp³-hybridized carbons (Fsp3) is 0.600. The fourth-order valence-corrected chi connectivity index (χ4v) is 8.30. The van der Waals surface area contributed by atoms with Gasteiger partial charge in [-0.25, -0.2) is 9.97 Å². The van der Waals surface area contributed by atoms with E-state index in [1.54, 1.807) is 12.4 Å². The van der Waals surface area contributed by atoms with Crippen molar-refractivity contribution in [3.8, 4) is 0 Å². The maximum absolute atomic E-state index is 12.7. The molecule has 3 fully saturated rings. The average Bonchev–Trinajstić information content (AvgIpc) is 3.58. The summed E-state index contributed by atoms with van der Waals surface area (Å²) in [7, 11) is 0. The maximum Gasteiger partial charge on any atom is 0.471 e. The number of carbonyl (C=O) groups excluding carboxylic acids is 4. The summed E-state index contributed by atoms with van der Waals surface area (Å²) < 4.78 is 39.2. The normalized spacial score (nSPS) is 20.4. The molecule has 2 aromatic heterocycles. The Labute approximate surface area is 309 Å². The first kappa shape index (κ1) is 41.4. The summed E-state index contributed by atoms with van der Waals surface area (Å²) in [5.74, 6) is -0.315. The summed E-state index contributed by atoms with van der Waals surface area (Å²) in [5, 5.41) is 5.70. The number of alkyl halides is 3. The van der Waals surface area contributed by atoms with E-state index in [1.165, 1.54) is 12.8 Å². The zero-order valence-corrected chi connectivity index (χ0v) is 28.8. The van der Waals surface area contributed by atoms with E-state index in [0.29, 0.717) is 43.5 Å². The number of anilines is 2. The molecule has 0 aromatic carbocycles. The fourth-order valence-electron chi connectivity index (χ4n) is 7.54. The standard InChI is InChI=1S/C18H22BrN3O2.C14H13BrF3N3O2.3CH4/c19-14-9-13-10-18(17(24)21-15(13)20-11-14)5-7-22(8-6-18)16(23)12-3-1-2-4-12;15-9-5-8-6-13(11(22)20-10(8)19-7-9)1-3-21(4-2-13)12(23)14(16,17)18;;;/h9,11-12H,1-8,10H2,(H,20,21,24);5,7H,1-4,6H2,(H,19,20,22);3*1H4. The van der Waals surface area contributed by atoms with Crippen LogP contribution in [-0.4, -0.2) is 75.8 Å². The summed E-state index contributed by atoms with van der Waals surface area (Å²) in [5.41, 5.74) is 0.758. The van der Waals surface area contributed by atoms with Gasteiger partial charge in [-0.1, -0.05) is 35.1 Å². The van der Waals surface area contributed by atoms with Crippen molar-refractivity contribution in [2.75, 3.05) is 36.8 Å². The molecule has 1 aliphatic carbocycles. The molecule has 6 heterocycles. The highest BCUT2D eigenvalue weighted by molar-refractivity contribution is 9.10. The number of hydrogen-bond acceptors (Lipinski definition) is 6. The van der Waals surface area contributed by atoms with E-state index >= 15 is 0 Å². The number of halogens is 5. The molecule has 5 aliphatic rings. The van der Waals surface area contributed by atoms with Crippen molar-refractivity contribution in [3.05, 3.63) is 44.6 Å². The lowest BCUT2D eigenvalue weighted by atomic mass is 9.71. The lowest BCUT2D eigenvalue weighted by molar-refractivity contribution is -0.187. The molecule has 0 radical (unpaired) electrons. The molecule has 4 amide bonds. The Morgan fingerprint density at radius 3 is 1.54 bits per heavy atom. The molecule has 0 bridgehead atoms. The largest absolute Gasteiger partial charge is 0.471 e. The van der Waals surface area contributed by atoms with E-state index in [9.17, 15) is 32.3 Å². The third-order valence-electron chi connectivity index (χ3n) is 10.3. The number of aromatic nitrogens is 2. The smallest absolute Gasteiger partial charge is 0.342 e. The number of hydrogen-bond donors (Lipinski definition) is 2.